The molecule has 0 fully saturated rings. The van der Waals surface area contributed by atoms with E-state index in [9.17, 15) is 118 Å². The highest BCUT2D eigenvalue weighted by molar-refractivity contribution is 7.88. The summed E-state index contributed by atoms with van der Waals surface area (Å²) in [5.41, 5.74) is -4.92. The molecular weight excluding hydrogens is 2030 g/mol. The zero-order valence-corrected chi connectivity index (χ0v) is 86.1. The van der Waals surface area contributed by atoms with E-state index in [1.54, 1.807) is 62.3 Å². The molecule has 0 radical (unpaired) electrons. The van der Waals surface area contributed by atoms with E-state index in [4.69, 9.17) is 51.9 Å². The van der Waals surface area contributed by atoms with Crippen LogP contribution in [0, 0.1) is 17.5 Å². The van der Waals surface area contributed by atoms with Crippen LogP contribution in [0.2, 0.25) is 0 Å². The number of hydrogen-bond acceptors (Lipinski definition) is 42. The number of hydrogen-bond donors (Lipinski definition) is 3. The minimum atomic E-state index is -4.55. The number of benzene rings is 3. The van der Waals surface area contributed by atoms with Gasteiger partial charge in [-0.3, -0.25) is 26.9 Å². The number of nitrogens with zero attached hydrogens (tertiary/aromatic N) is 9. The second-order valence-corrected chi connectivity index (χ2v) is 47.6. The maximum Gasteiger partial charge on any atom is 0.410 e. The monoisotopic (exact) mass is 2140 g/mol. The number of rotatable bonds is 44. The van der Waals surface area contributed by atoms with Crippen LogP contribution in [0.5, 0.6) is 29.0 Å². The predicted molar refractivity (Wildman–Crippen MR) is 488 cm³/mol. The first-order valence-electron chi connectivity index (χ1n) is 40.4. The van der Waals surface area contributed by atoms with Crippen LogP contribution in [0.15, 0.2) is 82.6 Å². The SMILES string of the molecule is CN(C(=O)OC(C)(C)C)C(CCCCOS(C)(=O)=O)c1nc(C(=O)NCc2ccc(F)cc2)c(OS(C)(=O)=O)c(=O)[nH]1.CN(C(=O)OC(C)(C)C)C(CCCCOS(C)(=O)=O)c1nc(OS(C)(=O)=O)c(OS(C)(=O)=O)c(C(=NCc2ccc(F)cc2)OS(C)(=O)=O)n1.CN(C(=O)OC(C)(C)C)C(CCCCOS(C)(=O)=O)c1nc(OS(C)(=O)=O)c(OS(C)(=O)=O)c(C(=O)NCc2ccc(F)cc2)n1. The summed E-state index contributed by atoms with van der Waals surface area (Å²) in [5, 5.41) is 4.95. The van der Waals surface area contributed by atoms with Crippen LogP contribution in [0.4, 0.5) is 27.6 Å². The Balaban J connectivity index is 0.000000434. The zero-order chi connectivity index (χ0) is 105. The van der Waals surface area contributed by atoms with Gasteiger partial charge < -0.3 is 69.6 Å². The van der Waals surface area contributed by atoms with E-state index in [1.165, 1.54) is 69.7 Å². The third-order valence-corrected chi connectivity index (χ3v) is 21.1. The maximum atomic E-state index is 13.5. The molecule has 0 spiro atoms. The smallest absolute Gasteiger partial charge is 0.410 e. The summed E-state index contributed by atoms with van der Waals surface area (Å²) in [6.07, 6.45) is 5.05. The van der Waals surface area contributed by atoms with Crippen molar-refractivity contribution in [2.24, 2.45) is 4.99 Å². The molecule has 138 heavy (non-hydrogen) atoms. The van der Waals surface area contributed by atoms with Crippen LogP contribution in [-0.4, -0.2) is 270 Å². The topological polar surface area (TPSA) is 647 Å². The Hall–Kier alpha value is -10.9. The molecule has 6 rings (SSSR count). The number of aromatic amines is 1. The van der Waals surface area contributed by atoms with E-state index in [2.05, 4.69) is 45.5 Å². The summed E-state index contributed by atoms with van der Waals surface area (Å²) in [4.78, 5) is 109. The summed E-state index contributed by atoms with van der Waals surface area (Å²) in [6.45, 7) is 13.3. The standard InChI is InChI=1S/C27H39FN4O14S4.C26H37FN4O12S3.C25H35FN4O10S2/c1-27(2,3)43-26(33)32(4)20(11-9-10-16-42-47(5,34)35)23-30-21(22(44-48(6,36)37)25(31-23)46-50(8,40)41)24(45-49(7,38)39)29-17-18-12-14-19(28)15-13-18;1-26(2,3)41-25(33)31(4)19(10-8-9-15-40-44(5,34)35)22-29-20(23(32)28-16-17-11-13-18(27)14-12-17)21(42-45(6,36)37)24(30-22)43-46(7,38)39;1-25(2,3)39-24(33)30(4)18(9-7-8-14-38-41(5,34)35)21-28-19(20(23(32)29-21)40-42(6,36)37)22(31)27-15-16-10-12-17(26)13-11-16/h12-15,20H,9-11,16-17H2,1-8H3;11-14,19H,8-10,15-16H2,1-7H3,(H,28,32);10-13,18H,7-9,14-15H2,1-6H3,(H,27,31)(H,28,29,32). The molecule has 3 N–H and O–H groups in total. The Morgan fingerprint density at radius 3 is 0.978 bits per heavy atom. The molecule has 3 heterocycles. The van der Waals surface area contributed by atoms with Crippen molar-refractivity contribution in [3.63, 3.8) is 0 Å². The average molecular weight is 2140 g/mol. The fourth-order valence-corrected chi connectivity index (χ4v) is 14.8. The van der Waals surface area contributed by atoms with Crippen molar-refractivity contribution >= 4 is 127 Å². The van der Waals surface area contributed by atoms with Crippen LogP contribution < -0.4 is 37.1 Å². The molecule has 3 aromatic heterocycles. The third-order valence-electron chi connectivity index (χ3n) is 16.5. The van der Waals surface area contributed by atoms with E-state index in [-0.39, 0.29) is 102 Å². The molecule has 60 heteroatoms. The fraction of sp³-hybridized carbons (Fsp3) is 0.538. The Labute approximate surface area is 799 Å². The molecule has 3 aromatic carbocycles. The van der Waals surface area contributed by atoms with E-state index in [0.717, 1.165) is 57.7 Å². The molecule has 0 aliphatic carbocycles. The van der Waals surface area contributed by atoms with Gasteiger partial charge in [0.1, 0.15) is 40.1 Å². The molecule has 6 aromatic rings. The van der Waals surface area contributed by atoms with Gasteiger partial charge in [0, 0.05) is 34.2 Å². The van der Waals surface area contributed by atoms with Gasteiger partial charge in [-0.25, -0.2) is 47.5 Å². The van der Waals surface area contributed by atoms with Crippen LogP contribution in [0.25, 0.3) is 0 Å². The lowest BCUT2D eigenvalue weighted by Gasteiger charge is -2.30. The molecule has 3 atom stereocenters. The molecule has 774 valence electrons. The number of H-pyrrole nitrogens is 1. The van der Waals surface area contributed by atoms with Gasteiger partial charge in [0.2, 0.25) is 17.2 Å². The minimum Gasteiger partial charge on any atom is -0.444 e. The van der Waals surface area contributed by atoms with Gasteiger partial charge >= 0.3 is 79.0 Å². The number of unbranched alkanes of at least 4 members (excludes halogenated alkanes) is 3. The second-order valence-electron chi connectivity index (χ2n) is 33.2. The Morgan fingerprint density at radius 1 is 0.377 bits per heavy atom. The van der Waals surface area contributed by atoms with Crippen LogP contribution in [-0.2, 0) is 142 Å². The van der Waals surface area contributed by atoms with Crippen molar-refractivity contribution in [1.82, 2.24) is 55.2 Å². The maximum absolute atomic E-state index is 13.5. The van der Waals surface area contributed by atoms with Gasteiger partial charge in [-0.15, -0.1) is 0 Å². The molecule has 0 aliphatic heterocycles. The van der Waals surface area contributed by atoms with Gasteiger partial charge in [0.05, 0.1) is 101 Å². The largest absolute Gasteiger partial charge is 0.444 e. The zero-order valence-electron chi connectivity index (χ0n) is 78.8. The number of carbonyl (C=O) groups is 5. The van der Waals surface area contributed by atoms with Crippen LogP contribution in [0.3, 0.4) is 0 Å². The highest BCUT2D eigenvalue weighted by Crippen LogP contribution is 2.39. The lowest BCUT2D eigenvalue weighted by Crippen LogP contribution is -2.38. The molecule has 3 unspecified atom stereocenters. The number of carbonyl (C=O) groups excluding carboxylic acids is 5. The normalized spacial score (nSPS) is 13.2. The predicted octanol–water partition coefficient (Wildman–Crippen LogP) is 6.78. The summed E-state index contributed by atoms with van der Waals surface area (Å²) in [5.74, 6) is -10.5. The lowest BCUT2D eigenvalue weighted by molar-refractivity contribution is 0.0190. The Morgan fingerprint density at radius 2 is 0.667 bits per heavy atom. The van der Waals surface area contributed by atoms with Crippen molar-refractivity contribution in [2.75, 3.05) is 97.3 Å². The van der Waals surface area contributed by atoms with E-state index in [0.29, 0.717) is 54.2 Å². The Bertz CT molecular complexity index is 6500. The van der Waals surface area contributed by atoms with E-state index in [1.807, 2.05) is 0 Å². The number of aliphatic imine (C=N–C) groups is 1. The summed E-state index contributed by atoms with van der Waals surface area (Å²) in [6, 6.07) is 11.7. The van der Waals surface area contributed by atoms with E-state index < -0.39 is 243 Å². The second kappa shape index (κ2) is 49.8. The molecule has 48 nitrogen and oxygen atoms in total. The molecule has 0 bridgehead atoms. The van der Waals surface area contributed by atoms with Crippen molar-refractivity contribution in [2.45, 2.75) is 175 Å². The number of aromatic nitrogens is 6. The number of halogens is 3. The van der Waals surface area contributed by atoms with Gasteiger partial charge in [-0.1, -0.05) is 36.4 Å². The number of nitrogens with one attached hydrogen (secondary N) is 3. The van der Waals surface area contributed by atoms with Crippen molar-refractivity contribution < 1.29 is 165 Å². The van der Waals surface area contributed by atoms with Crippen molar-refractivity contribution in [1.29, 1.82) is 0 Å². The molecule has 0 saturated heterocycles. The highest BCUT2D eigenvalue weighted by atomic mass is 32.3. The summed E-state index contributed by atoms with van der Waals surface area (Å²) in [7, 11) is -33.8. The fourth-order valence-electron chi connectivity index (χ4n) is 11.0. The first-order valence-corrected chi connectivity index (χ1v) is 56.8. The quantitative estimate of drug-likeness (QED) is 0.0117. The first-order chi connectivity index (χ1) is 62.8. The number of ether oxygens (including phenoxy) is 3. The lowest BCUT2D eigenvalue weighted by atomic mass is 10.1. The van der Waals surface area contributed by atoms with Crippen molar-refractivity contribution in [3.05, 3.63) is 152 Å². The van der Waals surface area contributed by atoms with Gasteiger partial charge in [-0.2, -0.15) is 85.7 Å². The van der Waals surface area contributed by atoms with Gasteiger partial charge in [0.15, 0.2) is 28.7 Å². The minimum absolute atomic E-state index is 0.00407. The van der Waals surface area contributed by atoms with Crippen LogP contribution >= 0.6 is 0 Å². The molecule has 0 saturated carbocycles. The third kappa shape index (κ3) is 47.2. The average Bonchev–Trinajstić information content (AvgIpc) is 0.694. The van der Waals surface area contributed by atoms with Crippen LogP contribution in [0.1, 0.15) is 199 Å². The van der Waals surface area contributed by atoms with E-state index >= 15 is 0 Å². The molecular formula is C78H111F3N12O36S9. The van der Waals surface area contributed by atoms with Gasteiger partial charge in [-0.05, 0) is 173 Å². The molecule has 0 aliphatic rings. The number of amides is 5. The molecule has 5 amide bonds. The first kappa shape index (κ1) is 119. The van der Waals surface area contributed by atoms with Gasteiger partial charge in [0.25, 0.3) is 65.4 Å². The highest BCUT2D eigenvalue weighted by Gasteiger charge is 2.39. The summed E-state index contributed by atoms with van der Waals surface area (Å²) >= 11 is 0. The van der Waals surface area contributed by atoms with Crippen molar-refractivity contribution in [3.8, 4) is 29.0 Å². The summed E-state index contributed by atoms with van der Waals surface area (Å²) < 4.78 is 315. The Kier molecular flexibility index (Phi) is 43.1.